The van der Waals surface area contributed by atoms with Crippen LogP contribution in [-0.2, 0) is 9.53 Å². The van der Waals surface area contributed by atoms with Gasteiger partial charge in [-0.25, -0.2) is 0 Å². The largest absolute Gasteiger partial charge is 0.381 e. The summed E-state index contributed by atoms with van der Waals surface area (Å²) in [5, 5.41) is 0.768. The van der Waals surface area contributed by atoms with Crippen LogP contribution in [0.3, 0.4) is 0 Å². The van der Waals surface area contributed by atoms with Gasteiger partial charge in [0.15, 0.2) is 5.78 Å². The van der Waals surface area contributed by atoms with Crippen molar-refractivity contribution in [2.75, 3.05) is 13.2 Å². The maximum Gasteiger partial charge on any atom is 0.184 e. The number of benzene rings is 1. The van der Waals surface area contributed by atoms with Gasteiger partial charge in [0.25, 0.3) is 0 Å². The summed E-state index contributed by atoms with van der Waals surface area (Å²) in [5.74, 6) is 0.0529. The van der Waals surface area contributed by atoms with E-state index in [2.05, 4.69) is 29.2 Å². The van der Waals surface area contributed by atoms with Crippen LogP contribution >= 0.6 is 11.8 Å². The third kappa shape index (κ3) is 6.27. The molecule has 2 aliphatic rings. The molecule has 1 saturated heterocycles. The number of ketones is 2. The molecule has 2 unspecified atom stereocenters. The van der Waals surface area contributed by atoms with Crippen LogP contribution in [0.5, 0.6) is 0 Å². The molecular weight excluding hydrogens is 406 g/mol. The highest BCUT2D eigenvalue weighted by molar-refractivity contribution is 8.00. The minimum atomic E-state index is -0.371. The highest BCUT2D eigenvalue weighted by atomic mass is 32.2. The molecule has 2 fully saturated rings. The molecule has 164 valence electrons. The number of thioether (sulfide) groups is 1. The normalized spacial score (nSPS) is 19.0. The zero-order valence-electron chi connectivity index (χ0n) is 18.2. The lowest BCUT2D eigenvalue weighted by Crippen LogP contribution is -2.25. The molecule has 1 aromatic carbocycles. The van der Waals surface area contributed by atoms with Gasteiger partial charge in [0.1, 0.15) is 11.5 Å². The Morgan fingerprint density at radius 2 is 1.81 bits per heavy atom. The Balaban J connectivity index is 1.47. The lowest BCUT2D eigenvalue weighted by atomic mass is 9.80. The van der Waals surface area contributed by atoms with Gasteiger partial charge in [-0.1, -0.05) is 25.1 Å². The van der Waals surface area contributed by atoms with Crippen molar-refractivity contribution in [2.24, 2.45) is 11.8 Å². The maximum atomic E-state index is 13.4. The molecule has 1 saturated carbocycles. The van der Waals surface area contributed by atoms with Crippen molar-refractivity contribution in [2.45, 2.75) is 61.5 Å². The number of hydrogen-bond donors (Lipinski definition) is 0. The van der Waals surface area contributed by atoms with Crippen LogP contribution in [0, 0.1) is 11.8 Å². The lowest BCUT2D eigenvalue weighted by molar-refractivity contribution is -0.121. The van der Waals surface area contributed by atoms with Crippen molar-refractivity contribution in [1.82, 2.24) is 4.98 Å². The van der Waals surface area contributed by atoms with Gasteiger partial charge in [-0.2, -0.15) is 0 Å². The van der Waals surface area contributed by atoms with Gasteiger partial charge in [-0.15, -0.1) is 11.8 Å². The fourth-order valence-electron chi connectivity index (χ4n) is 4.22. The van der Waals surface area contributed by atoms with Crippen molar-refractivity contribution in [3.63, 3.8) is 0 Å². The molecule has 31 heavy (non-hydrogen) atoms. The summed E-state index contributed by atoms with van der Waals surface area (Å²) in [5.41, 5.74) is 1.51. The molecule has 2 aromatic rings. The van der Waals surface area contributed by atoms with Gasteiger partial charge in [-0.05, 0) is 67.9 Å². The lowest BCUT2D eigenvalue weighted by Gasteiger charge is -2.27. The van der Waals surface area contributed by atoms with Gasteiger partial charge in [0, 0.05) is 47.8 Å². The molecule has 5 heteroatoms. The van der Waals surface area contributed by atoms with E-state index in [1.807, 2.05) is 24.8 Å². The summed E-state index contributed by atoms with van der Waals surface area (Å²) in [6.07, 6.45) is 7.32. The molecule has 2 atom stereocenters. The van der Waals surface area contributed by atoms with Crippen molar-refractivity contribution in [1.29, 1.82) is 0 Å². The van der Waals surface area contributed by atoms with Crippen LogP contribution in [0.25, 0.3) is 0 Å². The Kier molecular flexibility index (Phi) is 7.57. The molecule has 0 amide bonds. The number of Topliss-reactive ketones (excluding diaryl/α,β-unsaturated/α-hetero) is 2. The Bertz CT molecular complexity index is 873. The monoisotopic (exact) mass is 437 g/mol. The smallest absolute Gasteiger partial charge is 0.184 e. The van der Waals surface area contributed by atoms with Crippen molar-refractivity contribution in [3.05, 3.63) is 59.9 Å². The van der Waals surface area contributed by atoms with Gasteiger partial charge in [0.2, 0.25) is 0 Å². The second kappa shape index (κ2) is 10.6. The van der Waals surface area contributed by atoms with E-state index in [1.54, 1.807) is 18.3 Å². The first-order valence-electron chi connectivity index (χ1n) is 11.4. The first-order valence-corrected chi connectivity index (χ1v) is 12.3. The Morgan fingerprint density at radius 1 is 1.06 bits per heavy atom. The highest BCUT2D eigenvalue weighted by Crippen LogP contribution is 2.40. The first-order chi connectivity index (χ1) is 15.1. The van der Waals surface area contributed by atoms with Crippen molar-refractivity contribution >= 4 is 23.3 Å². The number of ether oxygens (including phenoxy) is 1. The van der Waals surface area contributed by atoms with E-state index in [0.29, 0.717) is 11.6 Å². The first kappa shape index (κ1) is 22.2. The second-order valence-electron chi connectivity index (χ2n) is 8.88. The summed E-state index contributed by atoms with van der Waals surface area (Å²) >= 11 is 1.93. The van der Waals surface area contributed by atoms with E-state index in [9.17, 15) is 9.59 Å². The second-order valence-corrected chi connectivity index (χ2v) is 10.3. The van der Waals surface area contributed by atoms with Crippen molar-refractivity contribution in [3.8, 4) is 0 Å². The van der Waals surface area contributed by atoms with E-state index in [1.165, 1.54) is 17.7 Å². The van der Waals surface area contributed by atoms with Gasteiger partial charge < -0.3 is 4.74 Å². The standard InChI is InChI=1S/C26H31NO3S/c1-18(26(29)24-4-2-3-13-27-24)16-25(28)23(17-19-11-14-30-15-12-19)20-5-7-21(8-6-20)31-22-9-10-22/h2-8,13,18-19,22-23H,9-12,14-17H2,1H3. The zero-order valence-corrected chi connectivity index (χ0v) is 19.0. The number of carbonyl (C=O) groups excluding carboxylic acids is 2. The van der Waals surface area contributed by atoms with Crippen molar-refractivity contribution < 1.29 is 14.3 Å². The molecule has 0 spiro atoms. The number of hydrogen-bond acceptors (Lipinski definition) is 5. The molecular formula is C26H31NO3S. The summed E-state index contributed by atoms with van der Waals surface area (Å²) in [7, 11) is 0. The molecule has 2 heterocycles. The average molecular weight is 438 g/mol. The number of aromatic nitrogens is 1. The van der Waals surface area contributed by atoms with Crippen LogP contribution in [0.1, 0.15) is 67.4 Å². The average Bonchev–Trinajstić information content (AvgIpc) is 3.63. The molecule has 1 aromatic heterocycles. The topological polar surface area (TPSA) is 56.3 Å². The third-order valence-electron chi connectivity index (χ3n) is 6.28. The maximum absolute atomic E-state index is 13.4. The SMILES string of the molecule is CC(CC(=O)C(CC1CCOCC1)c1ccc(SC2CC2)cc1)C(=O)c1ccccn1. The molecule has 1 aliphatic heterocycles. The van der Waals surface area contributed by atoms with Crippen LogP contribution < -0.4 is 0 Å². The van der Waals surface area contributed by atoms with E-state index in [0.717, 1.165) is 43.3 Å². The summed E-state index contributed by atoms with van der Waals surface area (Å²) in [6.45, 7) is 3.39. The Labute approximate surface area is 189 Å². The van der Waals surface area contributed by atoms with E-state index < -0.39 is 0 Å². The van der Waals surface area contributed by atoms with Crippen LogP contribution in [0.4, 0.5) is 0 Å². The Morgan fingerprint density at radius 3 is 2.45 bits per heavy atom. The molecule has 0 N–H and O–H groups in total. The predicted molar refractivity (Wildman–Crippen MR) is 124 cm³/mol. The number of pyridine rings is 1. The third-order valence-corrected chi connectivity index (χ3v) is 7.63. The molecule has 1 aliphatic carbocycles. The molecule has 0 radical (unpaired) electrons. The van der Waals surface area contributed by atoms with Crippen LogP contribution in [-0.4, -0.2) is 35.0 Å². The Hall–Kier alpha value is -1.98. The zero-order chi connectivity index (χ0) is 21.6. The molecule has 0 bridgehead atoms. The van der Waals surface area contributed by atoms with Gasteiger partial charge >= 0.3 is 0 Å². The van der Waals surface area contributed by atoms with E-state index in [4.69, 9.17) is 4.74 Å². The number of carbonyl (C=O) groups is 2. The molecule has 4 nitrogen and oxygen atoms in total. The summed E-state index contributed by atoms with van der Waals surface area (Å²) in [6, 6.07) is 13.9. The van der Waals surface area contributed by atoms with Crippen LogP contribution in [0.15, 0.2) is 53.6 Å². The summed E-state index contributed by atoms with van der Waals surface area (Å²) < 4.78 is 5.51. The number of nitrogens with zero attached hydrogens (tertiary/aromatic N) is 1. The van der Waals surface area contributed by atoms with E-state index >= 15 is 0 Å². The highest BCUT2D eigenvalue weighted by Gasteiger charge is 2.29. The van der Waals surface area contributed by atoms with Gasteiger partial charge in [0.05, 0.1) is 0 Å². The fraction of sp³-hybridized carbons (Fsp3) is 0.500. The van der Waals surface area contributed by atoms with E-state index in [-0.39, 0.29) is 29.8 Å². The summed E-state index contributed by atoms with van der Waals surface area (Å²) in [4.78, 5) is 31.6. The minimum absolute atomic E-state index is 0.0602. The van der Waals surface area contributed by atoms with Gasteiger partial charge in [-0.3, -0.25) is 14.6 Å². The number of rotatable bonds is 10. The molecule has 4 rings (SSSR count). The predicted octanol–water partition coefficient (Wildman–Crippen LogP) is 5.71. The quantitative estimate of drug-likeness (QED) is 0.445. The van der Waals surface area contributed by atoms with Crippen LogP contribution in [0.2, 0.25) is 0 Å². The fourth-order valence-corrected chi connectivity index (χ4v) is 5.27. The minimum Gasteiger partial charge on any atom is -0.381 e.